The Labute approximate surface area is 113 Å². The lowest BCUT2D eigenvalue weighted by atomic mass is 10.1. The second-order valence-electron chi connectivity index (χ2n) is 5.09. The van der Waals surface area contributed by atoms with Gasteiger partial charge in [0.25, 0.3) is 0 Å². The molecule has 2 aromatic heterocycles. The van der Waals surface area contributed by atoms with Gasteiger partial charge < -0.3 is 10.3 Å². The molecular formula is C14H20N4O. The maximum absolute atomic E-state index is 5.83. The summed E-state index contributed by atoms with van der Waals surface area (Å²) in [6.07, 6.45) is 1.70. The molecular weight excluding hydrogens is 240 g/mol. The minimum absolute atomic E-state index is 0.386. The molecule has 19 heavy (non-hydrogen) atoms. The number of aromatic nitrogens is 2. The number of anilines is 1. The molecule has 2 rings (SSSR count). The van der Waals surface area contributed by atoms with E-state index >= 15 is 0 Å². The number of rotatable bonds is 5. The summed E-state index contributed by atoms with van der Waals surface area (Å²) in [6, 6.07) is 5.89. The first-order valence-corrected chi connectivity index (χ1v) is 6.39. The van der Waals surface area contributed by atoms with E-state index in [1.807, 2.05) is 25.2 Å². The predicted octanol–water partition coefficient (Wildman–Crippen LogP) is 2.41. The van der Waals surface area contributed by atoms with Crippen LogP contribution in [0.2, 0.25) is 0 Å². The van der Waals surface area contributed by atoms with Crippen LogP contribution < -0.4 is 5.73 Å². The second kappa shape index (κ2) is 5.84. The molecule has 0 aliphatic carbocycles. The lowest BCUT2D eigenvalue weighted by molar-refractivity contribution is 0.265. The van der Waals surface area contributed by atoms with Crippen molar-refractivity contribution in [2.24, 2.45) is 0 Å². The van der Waals surface area contributed by atoms with Crippen molar-refractivity contribution in [3.05, 3.63) is 41.4 Å². The number of nitrogen functional groups attached to an aromatic ring is 1. The Balaban J connectivity index is 1.97. The molecule has 102 valence electrons. The Kier molecular flexibility index (Phi) is 4.16. The highest BCUT2D eigenvalue weighted by atomic mass is 16.5. The number of nitrogens with zero attached hydrogens (tertiary/aromatic N) is 3. The predicted molar refractivity (Wildman–Crippen MR) is 74.4 cm³/mol. The van der Waals surface area contributed by atoms with Crippen LogP contribution in [0.4, 0.5) is 5.82 Å². The maximum atomic E-state index is 5.83. The van der Waals surface area contributed by atoms with E-state index in [0.29, 0.717) is 18.3 Å². The zero-order valence-electron chi connectivity index (χ0n) is 11.6. The van der Waals surface area contributed by atoms with E-state index in [1.54, 1.807) is 6.20 Å². The van der Waals surface area contributed by atoms with Crippen LogP contribution >= 0.6 is 0 Å². The van der Waals surface area contributed by atoms with Crippen LogP contribution in [0.25, 0.3) is 0 Å². The highest BCUT2D eigenvalue weighted by molar-refractivity contribution is 5.38. The van der Waals surface area contributed by atoms with Crippen molar-refractivity contribution in [1.29, 1.82) is 0 Å². The van der Waals surface area contributed by atoms with E-state index in [9.17, 15) is 0 Å². The van der Waals surface area contributed by atoms with Gasteiger partial charge in [-0.3, -0.25) is 4.90 Å². The monoisotopic (exact) mass is 260 g/mol. The molecule has 0 aliphatic heterocycles. The van der Waals surface area contributed by atoms with Gasteiger partial charge in [-0.1, -0.05) is 25.1 Å². The van der Waals surface area contributed by atoms with Crippen LogP contribution in [0, 0.1) is 0 Å². The van der Waals surface area contributed by atoms with Gasteiger partial charge in [0.05, 0.1) is 12.2 Å². The summed E-state index contributed by atoms with van der Waals surface area (Å²) in [5.74, 6) is 1.83. The third-order valence-electron chi connectivity index (χ3n) is 2.96. The Hall–Kier alpha value is -1.88. The van der Waals surface area contributed by atoms with Crippen molar-refractivity contribution < 1.29 is 4.52 Å². The Morgan fingerprint density at radius 2 is 2.16 bits per heavy atom. The van der Waals surface area contributed by atoms with Gasteiger partial charge in [0.15, 0.2) is 5.76 Å². The number of hydrogen-bond acceptors (Lipinski definition) is 5. The lowest BCUT2D eigenvalue weighted by Gasteiger charge is -2.15. The molecule has 0 amide bonds. The molecule has 0 saturated heterocycles. The van der Waals surface area contributed by atoms with Crippen molar-refractivity contribution in [2.75, 3.05) is 12.8 Å². The summed E-state index contributed by atoms with van der Waals surface area (Å²) in [7, 11) is 2.02. The van der Waals surface area contributed by atoms with Gasteiger partial charge in [0.1, 0.15) is 5.82 Å². The maximum Gasteiger partial charge on any atom is 0.150 e. The van der Waals surface area contributed by atoms with Gasteiger partial charge in [-0.15, -0.1) is 0 Å². The summed E-state index contributed by atoms with van der Waals surface area (Å²) >= 11 is 0. The second-order valence-corrected chi connectivity index (χ2v) is 5.09. The van der Waals surface area contributed by atoms with Crippen LogP contribution in [-0.2, 0) is 13.1 Å². The fraction of sp³-hybridized carbons (Fsp3) is 0.429. The molecule has 5 nitrogen and oxygen atoms in total. The standard InChI is InChI=1S/C14H20N4O/c1-10(2)13-7-12(19-17-13)9-18(3)8-11-5-4-6-16-14(11)15/h4-7,10H,8-9H2,1-3H3,(H2,15,16). The molecule has 0 bridgehead atoms. The molecule has 0 unspecified atom stereocenters. The van der Waals surface area contributed by atoms with Crippen molar-refractivity contribution in [3.63, 3.8) is 0 Å². The molecule has 0 radical (unpaired) electrons. The van der Waals surface area contributed by atoms with Crippen LogP contribution in [0.15, 0.2) is 28.9 Å². The van der Waals surface area contributed by atoms with Crippen molar-refractivity contribution in [2.45, 2.75) is 32.9 Å². The molecule has 2 N–H and O–H groups in total. The smallest absolute Gasteiger partial charge is 0.150 e. The highest BCUT2D eigenvalue weighted by Crippen LogP contribution is 2.16. The Morgan fingerprint density at radius 1 is 1.37 bits per heavy atom. The minimum atomic E-state index is 0.386. The number of nitrogens with two attached hydrogens (primary N) is 1. The Morgan fingerprint density at radius 3 is 2.79 bits per heavy atom. The molecule has 0 spiro atoms. The summed E-state index contributed by atoms with van der Waals surface area (Å²) in [6.45, 7) is 5.63. The summed E-state index contributed by atoms with van der Waals surface area (Å²) in [5, 5.41) is 4.05. The van der Waals surface area contributed by atoms with Crippen molar-refractivity contribution in [1.82, 2.24) is 15.0 Å². The normalized spacial score (nSPS) is 11.4. The molecule has 2 heterocycles. The van der Waals surface area contributed by atoms with Crippen LogP contribution in [0.3, 0.4) is 0 Å². The quantitative estimate of drug-likeness (QED) is 0.894. The van der Waals surface area contributed by atoms with Crippen LogP contribution in [0.1, 0.15) is 36.8 Å². The molecule has 0 fully saturated rings. The van der Waals surface area contributed by atoms with Gasteiger partial charge in [-0.2, -0.15) is 0 Å². The molecule has 5 heteroatoms. The fourth-order valence-corrected chi connectivity index (χ4v) is 1.87. The van der Waals surface area contributed by atoms with E-state index in [4.69, 9.17) is 10.3 Å². The summed E-state index contributed by atoms with van der Waals surface area (Å²) < 4.78 is 5.33. The first-order valence-electron chi connectivity index (χ1n) is 6.39. The number of pyridine rings is 1. The van der Waals surface area contributed by atoms with E-state index in [1.165, 1.54) is 0 Å². The van der Waals surface area contributed by atoms with Crippen molar-refractivity contribution >= 4 is 5.82 Å². The molecule has 0 aromatic carbocycles. The molecule has 0 atom stereocenters. The van der Waals surface area contributed by atoms with Crippen molar-refractivity contribution in [3.8, 4) is 0 Å². The molecule has 2 aromatic rings. The van der Waals surface area contributed by atoms with Gasteiger partial charge in [-0.25, -0.2) is 4.98 Å². The summed E-state index contributed by atoms with van der Waals surface area (Å²) in [5.41, 5.74) is 7.84. The third kappa shape index (κ3) is 3.54. The van der Waals surface area contributed by atoms with Gasteiger partial charge in [-0.05, 0) is 19.0 Å². The van der Waals surface area contributed by atoms with Gasteiger partial charge in [0, 0.05) is 24.4 Å². The van der Waals surface area contributed by atoms with E-state index in [0.717, 1.165) is 23.6 Å². The van der Waals surface area contributed by atoms with Gasteiger partial charge >= 0.3 is 0 Å². The zero-order chi connectivity index (χ0) is 13.8. The lowest BCUT2D eigenvalue weighted by Crippen LogP contribution is -2.18. The largest absolute Gasteiger partial charge is 0.383 e. The SMILES string of the molecule is CC(C)c1cc(CN(C)Cc2cccnc2N)on1. The van der Waals surface area contributed by atoms with E-state index in [-0.39, 0.29) is 0 Å². The topological polar surface area (TPSA) is 68.2 Å². The fourth-order valence-electron chi connectivity index (χ4n) is 1.87. The summed E-state index contributed by atoms with van der Waals surface area (Å²) in [4.78, 5) is 6.20. The third-order valence-corrected chi connectivity index (χ3v) is 2.96. The van der Waals surface area contributed by atoms with E-state index < -0.39 is 0 Å². The van der Waals surface area contributed by atoms with Crippen LogP contribution in [0.5, 0.6) is 0 Å². The van der Waals surface area contributed by atoms with Gasteiger partial charge in [0.2, 0.25) is 0 Å². The average Bonchev–Trinajstić information content (AvgIpc) is 2.80. The molecule has 0 aliphatic rings. The first-order chi connectivity index (χ1) is 9.06. The Bertz CT molecular complexity index is 536. The van der Waals surface area contributed by atoms with Crippen LogP contribution in [-0.4, -0.2) is 22.1 Å². The average molecular weight is 260 g/mol. The first kappa shape index (κ1) is 13.5. The molecule has 0 saturated carbocycles. The highest BCUT2D eigenvalue weighted by Gasteiger charge is 2.11. The van der Waals surface area contributed by atoms with E-state index in [2.05, 4.69) is 28.9 Å². The zero-order valence-corrected chi connectivity index (χ0v) is 11.6. The minimum Gasteiger partial charge on any atom is -0.383 e. The number of hydrogen-bond donors (Lipinski definition) is 1.